The summed E-state index contributed by atoms with van der Waals surface area (Å²) in [7, 11) is 0. The van der Waals surface area contributed by atoms with Gasteiger partial charge in [0.2, 0.25) is 0 Å². The van der Waals surface area contributed by atoms with Crippen LogP contribution in [-0.4, -0.2) is 5.91 Å². The lowest BCUT2D eigenvalue weighted by atomic mass is 10.1. The third-order valence-corrected chi connectivity index (χ3v) is 4.06. The quantitative estimate of drug-likeness (QED) is 0.834. The fourth-order valence-electron chi connectivity index (χ4n) is 1.75. The molecule has 0 aliphatic carbocycles. The van der Waals surface area contributed by atoms with Gasteiger partial charge >= 0.3 is 0 Å². The topological polar surface area (TPSA) is 29.1 Å². The number of halogens is 2. The van der Waals surface area contributed by atoms with Crippen molar-refractivity contribution in [1.29, 1.82) is 0 Å². The maximum Gasteiger partial charge on any atom is 0.252 e. The molecule has 2 nitrogen and oxygen atoms in total. The Morgan fingerprint density at radius 1 is 1.16 bits per heavy atom. The molecule has 0 aromatic heterocycles. The van der Waals surface area contributed by atoms with Gasteiger partial charge in [-0.1, -0.05) is 40.2 Å². The van der Waals surface area contributed by atoms with E-state index in [0.29, 0.717) is 12.1 Å². The highest BCUT2D eigenvalue weighted by molar-refractivity contribution is 9.11. The van der Waals surface area contributed by atoms with Crippen LogP contribution in [0, 0.1) is 6.92 Å². The van der Waals surface area contributed by atoms with Gasteiger partial charge < -0.3 is 5.32 Å². The molecule has 0 fully saturated rings. The van der Waals surface area contributed by atoms with E-state index in [1.807, 2.05) is 43.3 Å². The Kier molecular flexibility index (Phi) is 4.77. The van der Waals surface area contributed by atoms with E-state index in [4.69, 9.17) is 0 Å². The van der Waals surface area contributed by atoms with Gasteiger partial charge in [0, 0.05) is 15.5 Å². The van der Waals surface area contributed by atoms with Crippen molar-refractivity contribution in [3.8, 4) is 0 Å². The van der Waals surface area contributed by atoms with Crippen LogP contribution in [0.5, 0.6) is 0 Å². The number of hydrogen-bond acceptors (Lipinski definition) is 1. The molecule has 2 aromatic carbocycles. The van der Waals surface area contributed by atoms with Crippen molar-refractivity contribution in [2.45, 2.75) is 13.5 Å². The molecule has 0 atom stereocenters. The normalized spacial score (nSPS) is 10.3. The molecule has 1 N–H and O–H groups in total. The molecular weight excluding hydrogens is 370 g/mol. The van der Waals surface area contributed by atoms with Gasteiger partial charge in [-0.05, 0) is 52.2 Å². The highest BCUT2D eigenvalue weighted by Gasteiger charge is 2.10. The monoisotopic (exact) mass is 381 g/mol. The largest absolute Gasteiger partial charge is 0.348 e. The predicted octanol–water partition coefficient (Wildman–Crippen LogP) is 4.45. The summed E-state index contributed by atoms with van der Waals surface area (Å²) in [4.78, 5) is 12.1. The van der Waals surface area contributed by atoms with Crippen LogP contribution in [0.15, 0.2) is 51.4 Å². The lowest BCUT2D eigenvalue weighted by Gasteiger charge is -2.09. The highest BCUT2D eigenvalue weighted by Crippen LogP contribution is 2.21. The van der Waals surface area contributed by atoms with E-state index in [1.165, 1.54) is 5.56 Å². The Balaban J connectivity index is 2.10. The summed E-state index contributed by atoms with van der Waals surface area (Å²) in [6, 6.07) is 13.6. The van der Waals surface area contributed by atoms with E-state index in [-0.39, 0.29) is 5.91 Å². The smallest absolute Gasteiger partial charge is 0.252 e. The number of benzene rings is 2. The van der Waals surface area contributed by atoms with E-state index in [0.717, 1.165) is 14.5 Å². The van der Waals surface area contributed by atoms with Crippen LogP contribution in [-0.2, 0) is 6.54 Å². The van der Waals surface area contributed by atoms with Crippen molar-refractivity contribution in [2.75, 3.05) is 0 Å². The zero-order valence-electron chi connectivity index (χ0n) is 10.4. The van der Waals surface area contributed by atoms with Gasteiger partial charge in [-0.3, -0.25) is 4.79 Å². The summed E-state index contributed by atoms with van der Waals surface area (Å²) >= 11 is 6.76. The molecule has 0 heterocycles. The molecule has 2 rings (SSSR count). The van der Waals surface area contributed by atoms with Gasteiger partial charge in [0.15, 0.2) is 0 Å². The van der Waals surface area contributed by atoms with E-state index in [1.54, 1.807) is 6.07 Å². The van der Waals surface area contributed by atoms with Crippen molar-refractivity contribution >= 4 is 37.8 Å². The lowest BCUT2D eigenvalue weighted by molar-refractivity contribution is 0.0950. The molecule has 0 saturated heterocycles. The number of hydrogen-bond donors (Lipinski definition) is 1. The molecule has 0 saturated carbocycles. The molecule has 98 valence electrons. The first-order valence-corrected chi connectivity index (χ1v) is 7.44. The molecule has 0 unspecified atom stereocenters. The first-order chi connectivity index (χ1) is 9.08. The number of aryl methyl sites for hydroxylation is 1. The van der Waals surface area contributed by atoms with Gasteiger partial charge in [-0.15, -0.1) is 0 Å². The predicted molar refractivity (Wildman–Crippen MR) is 84.2 cm³/mol. The Morgan fingerprint density at radius 3 is 2.63 bits per heavy atom. The number of carbonyl (C=O) groups is 1. The maximum absolute atomic E-state index is 12.1. The van der Waals surface area contributed by atoms with Gasteiger partial charge in [0.05, 0.1) is 5.56 Å². The fourth-order valence-corrected chi connectivity index (χ4v) is 2.54. The molecule has 2 aromatic rings. The molecule has 0 spiro atoms. The minimum atomic E-state index is -0.0866. The zero-order valence-corrected chi connectivity index (χ0v) is 13.6. The molecule has 4 heteroatoms. The second kappa shape index (κ2) is 6.35. The molecule has 1 amide bonds. The fraction of sp³-hybridized carbons (Fsp3) is 0.133. The van der Waals surface area contributed by atoms with E-state index >= 15 is 0 Å². The average Bonchev–Trinajstić information content (AvgIpc) is 2.40. The number of amides is 1. The summed E-state index contributed by atoms with van der Waals surface area (Å²) in [6.45, 7) is 2.57. The van der Waals surface area contributed by atoms with E-state index in [9.17, 15) is 4.79 Å². The summed E-state index contributed by atoms with van der Waals surface area (Å²) in [5.74, 6) is -0.0866. The number of rotatable bonds is 3. The van der Waals surface area contributed by atoms with Crippen LogP contribution in [0.2, 0.25) is 0 Å². The highest BCUT2D eigenvalue weighted by atomic mass is 79.9. The van der Waals surface area contributed by atoms with Crippen molar-refractivity contribution in [3.63, 3.8) is 0 Å². The van der Waals surface area contributed by atoms with Crippen LogP contribution in [0.4, 0.5) is 0 Å². The second-order valence-corrected chi connectivity index (χ2v) is 6.00. The second-order valence-electron chi connectivity index (χ2n) is 4.23. The minimum Gasteiger partial charge on any atom is -0.348 e. The van der Waals surface area contributed by atoms with Crippen LogP contribution in [0.25, 0.3) is 0 Å². The Morgan fingerprint density at radius 2 is 1.89 bits per heavy atom. The third-order valence-electron chi connectivity index (χ3n) is 2.87. The molecule has 0 aliphatic rings. The Hall–Kier alpha value is -1.13. The van der Waals surface area contributed by atoms with Crippen LogP contribution >= 0.6 is 31.9 Å². The third kappa shape index (κ3) is 3.67. The van der Waals surface area contributed by atoms with Crippen LogP contribution in [0.1, 0.15) is 21.5 Å². The standard InChI is InChI=1S/C15H13Br2NO/c1-10-4-2-3-5-11(10)9-18-15(19)13-8-12(16)6-7-14(13)17/h2-8H,9H2,1H3,(H,18,19). The molecular formula is C15H13Br2NO. The van der Waals surface area contributed by atoms with Crippen LogP contribution in [0.3, 0.4) is 0 Å². The summed E-state index contributed by atoms with van der Waals surface area (Å²) in [5.41, 5.74) is 2.93. The minimum absolute atomic E-state index is 0.0866. The molecule has 19 heavy (non-hydrogen) atoms. The van der Waals surface area contributed by atoms with Crippen molar-refractivity contribution in [2.24, 2.45) is 0 Å². The first kappa shape index (κ1) is 14.3. The zero-order chi connectivity index (χ0) is 13.8. The van der Waals surface area contributed by atoms with E-state index in [2.05, 4.69) is 37.2 Å². The van der Waals surface area contributed by atoms with Crippen LogP contribution < -0.4 is 5.32 Å². The first-order valence-electron chi connectivity index (χ1n) is 5.85. The van der Waals surface area contributed by atoms with Gasteiger partial charge in [0.1, 0.15) is 0 Å². The number of nitrogens with one attached hydrogen (secondary N) is 1. The summed E-state index contributed by atoms with van der Waals surface area (Å²) < 4.78 is 1.68. The van der Waals surface area contributed by atoms with Gasteiger partial charge in [-0.25, -0.2) is 0 Å². The Labute approximate surface area is 129 Å². The van der Waals surface area contributed by atoms with Gasteiger partial charge in [0.25, 0.3) is 5.91 Å². The average molecular weight is 383 g/mol. The lowest BCUT2D eigenvalue weighted by Crippen LogP contribution is -2.23. The molecule has 0 radical (unpaired) electrons. The SMILES string of the molecule is Cc1ccccc1CNC(=O)c1cc(Br)ccc1Br. The van der Waals surface area contributed by atoms with Crippen molar-refractivity contribution in [3.05, 3.63) is 68.1 Å². The summed E-state index contributed by atoms with van der Waals surface area (Å²) in [6.07, 6.45) is 0. The maximum atomic E-state index is 12.1. The van der Waals surface area contributed by atoms with Crippen molar-refractivity contribution in [1.82, 2.24) is 5.32 Å². The molecule has 0 bridgehead atoms. The summed E-state index contributed by atoms with van der Waals surface area (Å²) in [5, 5.41) is 2.93. The van der Waals surface area contributed by atoms with Crippen molar-refractivity contribution < 1.29 is 4.79 Å². The Bertz CT molecular complexity index is 611. The number of carbonyl (C=O) groups excluding carboxylic acids is 1. The van der Waals surface area contributed by atoms with E-state index < -0.39 is 0 Å². The molecule has 0 aliphatic heterocycles. The van der Waals surface area contributed by atoms with Gasteiger partial charge in [-0.2, -0.15) is 0 Å².